The molecule has 0 aliphatic heterocycles. The Kier molecular flexibility index (Phi) is 15.9. The first-order chi connectivity index (χ1) is 17.7. The molecule has 0 saturated heterocycles. The number of carbonyl (C=O) groups is 6. The third kappa shape index (κ3) is 13.5. The van der Waals surface area contributed by atoms with Gasteiger partial charge in [0.2, 0.25) is 0 Å². The molecule has 2 unspecified atom stereocenters. The third-order valence-electron chi connectivity index (χ3n) is 4.65. The lowest BCUT2D eigenvalue weighted by atomic mass is 9.86. The molecule has 0 aliphatic carbocycles. The zero-order valence-corrected chi connectivity index (χ0v) is 21.8. The Labute approximate surface area is 219 Å². The van der Waals surface area contributed by atoms with Gasteiger partial charge in [-0.25, -0.2) is 9.59 Å². The van der Waals surface area contributed by atoms with Crippen LogP contribution >= 0.6 is 0 Å². The summed E-state index contributed by atoms with van der Waals surface area (Å²) in [4.78, 5) is 72.0. The van der Waals surface area contributed by atoms with Crippen LogP contribution in [-0.4, -0.2) is 98.9 Å². The largest absolute Gasteiger partial charge is 0.469 e. The molecule has 0 heterocycles. The summed E-state index contributed by atoms with van der Waals surface area (Å²) >= 11 is 0. The van der Waals surface area contributed by atoms with E-state index in [0.717, 1.165) is 14.2 Å². The molecule has 0 amide bonds. The van der Waals surface area contributed by atoms with Crippen LogP contribution in [0.25, 0.3) is 0 Å². The van der Waals surface area contributed by atoms with Gasteiger partial charge in [0.25, 0.3) is 0 Å². The number of aliphatic hydroxyl groups is 2. The fourth-order valence-electron chi connectivity index (χ4n) is 2.62. The molecule has 14 nitrogen and oxygen atoms in total. The van der Waals surface area contributed by atoms with Crippen LogP contribution in [0.3, 0.4) is 0 Å². The summed E-state index contributed by atoms with van der Waals surface area (Å²) in [6.45, 7) is 7.36. The predicted octanol–water partition coefficient (Wildman–Crippen LogP) is -0.608. The van der Waals surface area contributed by atoms with E-state index in [1.165, 1.54) is 13.8 Å². The highest BCUT2D eigenvalue weighted by atomic mass is 16.6. The molecule has 214 valence electrons. The maximum Gasteiger partial charge on any atom is 0.333 e. The van der Waals surface area contributed by atoms with Crippen LogP contribution in [0.5, 0.6) is 0 Å². The van der Waals surface area contributed by atoms with Crippen LogP contribution in [-0.2, 0) is 57.2 Å². The Morgan fingerprint density at radius 2 is 0.895 bits per heavy atom. The molecular formula is C24H34O14. The van der Waals surface area contributed by atoms with Gasteiger partial charge in [-0.1, -0.05) is 13.2 Å². The molecule has 0 radical (unpaired) electrons. The number of methoxy groups -OCH3 is 2. The number of carbonyl (C=O) groups excluding carboxylic acids is 6. The zero-order valence-electron chi connectivity index (χ0n) is 21.8. The van der Waals surface area contributed by atoms with Crippen molar-refractivity contribution < 1.29 is 67.4 Å². The number of ether oxygens (including phenoxy) is 6. The molecular weight excluding hydrogens is 512 g/mol. The Hall–Kier alpha value is -3.78. The Morgan fingerprint density at radius 1 is 0.605 bits per heavy atom. The van der Waals surface area contributed by atoms with Crippen molar-refractivity contribution in [3.8, 4) is 0 Å². The summed E-state index contributed by atoms with van der Waals surface area (Å²) < 4.78 is 28.5. The SMILES string of the molecule is C=C(C)C(=O)OCC(O)COC(=O)C[C@H](C(=O)OC)[C@@H](CC(=O)OCC(O)COC(=O)C(=C)C)C(=O)OC. The average molecular weight is 547 g/mol. The molecule has 0 saturated carbocycles. The third-order valence-corrected chi connectivity index (χ3v) is 4.65. The summed E-state index contributed by atoms with van der Waals surface area (Å²) in [6.07, 6.45) is -4.24. The predicted molar refractivity (Wildman–Crippen MR) is 126 cm³/mol. The minimum absolute atomic E-state index is 0.100. The van der Waals surface area contributed by atoms with Crippen molar-refractivity contribution in [2.75, 3.05) is 40.6 Å². The molecule has 38 heavy (non-hydrogen) atoms. The highest BCUT2D eigenvalue weighted by Gasteiger charge is 2.39. The summed E-state index contributed by atoms with van der Waals surface area (Å²) in [7, 11) is 1.99. The minimum Gasteiger partial charge on any atom is -0.469 e. The molecule has 2 N–H and O–H groups in total. The van der Waals surface area contributed by atoms with E-state index < -0.39 is 99.1 Å². The first-order valence-corrected chi connectivity index (χ1v) is 11.2. The normalized spacial score (nSPS) is 13.5. The van der Waals surface area contributed by atoms with Crippen molar-refractivity contribution in [2.24, 2.45) is 11.8 Å². The summed E-state index contributed by atoms with van der Waals surface area (Å²) in [6, 6.07) is 0. The average Bonchev–Trinajstić information content (AvgIpc) is 2.88. The Balaban J connectivity index is 5.13. The molecule has 0 aromatic heterocycles. The molecule has 0 aliphatic rings. The number of hydrogen-bond acceptors (Lipinski definition) is 14. The second-order valence-corrected chi connectivity index (χ2v) is 8.10. The number of aliphatic hydroxyl groups excluding tert-OH is 2. The van der Waals surface area contributed by atoms with E-state index in [1.54, 1.807) is 0 Å². The van der Waals surface area contributed by atoms with Gasteiger partial charge >= 0.3 is 35.8 Å². The van der Waals surface area contributed by atoms with Crippen LogP contribution in [0.2, 0.25) is 0 Å². The summed E-state index contributed by atoms with van der Waals surface area (Å²) in [5.74, 6) is -8.73. The molecule has 0 spiro atoms. The summed E-state index contributed by atoms with van der Waals surface area (Å²) in [5, 5.41) is 19.6. The van der Waals surface area contributed by atoms with Crippen LogP contribution in [0, 0.1) is 11.8 Å². The van der Waals surface area contributed by atoms with Crippen LogP contribution in [0.4, 0.5) is 0 Å². The van der Waals surface area contributed by atoms with E-state index >= 15 is 0 Å². The van der Waals surface area contributed by atoms with Gasteiger partial charge in [-0.05, 0) is 13.8 Å². The molecule has 0 bridgehead atoms. The molecule has 0 aromatic rings. The number of esters is 6. The topological polar surface area (TPSA) is 198 Å². The lowest BCUT2D eigenvalue weighted by molar-refractivity contribution is -0.166. The van der Waals surface area contributed by atoms with E-state index in [0.29, 0.717) is 0 Å². The van der Waals surface area contributed by atoms with Crippen molar-refractivity contribution in [1.82, 2.24) is 0 Å². The van der Waals surface area contributed by atoms with Gasteiger partial charge in [0, 0.05) is 11.1 Å². The van der Waals surface area contributed by atoms with E-state index in [-0.39, 0.29) is 11.1 Å². The number of rotatable bonds is 17. The van der Waals surface area contributed by atoms with E-state index in [1.807, 2.05) is 0 Å². The fourth-order valence-corrected chi connectivity index (χ4v) is 2.62. The number of hydrogen-bond donors (Lipinski definition) is 2. The van der Waals surface area contributed by atoms with E-state index in [4.69, 9.17) is 18.9 Å². The highest BCUT2D eigenvalue weighted by molar-refractivity contribution is 5.89. The van der Waals surface area contributed by atoms with Gasteiger partial charge < -0.3 is 38.6 Å². The monoisotopic (exact) mass is 546 g/mol. The lowest BCUT2D eigenvalue weighted by Gasteiger charge is -2.22. The van der Waals surface area contributed by atoms with E-state index in [2.05, 4.69) is 22.6 Å². The first-order valence-electron chi connectivity index (χ1n) is 11.2. The standard InChI is InChI=1S/C24H34O14/c1-13(2)21(29)37-11-15(25)9-35-19(27)7-17(23(31)33-5)18(24(32)34-6)8-20(28)36-10-16(26)12-38-22(30)14(3)4/h15-18,25-26H,1,3,7-12H2,2,4-6H3/t15?,16?,17-,18+. The van der Waals surface area contributed by atoms with Crippen molar-refractivity contribution in [3.63, 3.8) is 0 Å². The summed E-state index contributed by atoms with van der Waals surface area (Å²) in [5.41, 5.74) is 0.200. The maximum atomic E-state index is 12.3. The van der Waals surface area contributed by atoms with E-state index in [9.17, 15) is 39.0 Å². The zero-order chi connectivity index (χ0) is 29.4. The smallest absolute Gasteiger partial charge is 0.333 e. The molecule has 0 rings (SSSR count). The van der Waals surface area contributed by atoms with Gasteiger partial charge in [-0.2, -0.15) is 0 Å². The second kappa shape index (κ2) is 17.6. The Morgan fingerprint density at radius 3 is 1.16 bits per heavy atom. The van der Waals surface area contributed by atoms with Crippen molar-refractivity contribution in [2.45, 2.75) is 38.9 Å². The van der Waals surface area contributed by atoms with Crippen molar-refractivity contribution in [3.05, 3.63) is 24.3 Å². The quantitative estimate of drug-likeness (QED) is 0.133. The molecule has 0 fully saturated rings. The van der Waals surface area contributed by atoms with Gasteiger partial charge in [-0.3, -0.25) is 19.2 Å². The van der Waals surface area contributed by atoms with Gasteiger partial charge in [0.1, 0.15) is 38.6 Å². The lowest BCUT2D eigenvalue weighted by Crippen LogP contribution is -2.36. The van der Waals surface area contributed by atoms with Gasteiger partial charge in [0.15, 0.2) is 0 Å². The minimum atomic E-state index is -1.53. The van der Waals surface area contributed by atoms with Gasteiger partial charge in [0.05, 0.1) is 38.9 Å². The molecule has 0 aromatic carbocycles. The highest BCUT2D eigenvalue weighted by Crippen LogP contribution is 2.24. The van der Waals surface area contributed by atoms with Crippen LogP contribution in [0.1, 0.15) is 26.7 Å². The second-order valence-electron chi connectivity index (χ2n) is 8.10. The van der Waals surface area contributed by atoms with Crippen LogP contribution < -0.4 is 0 Å². The fraction of sp³-hybridized carbons (Fsp3) is 0.583. The Bertz CT molecular complexity index is 821. The van der Waals surface area contributed by atoms with Crippen molar-refractivity contribution >= 4 is 35.8 Å². The molecule has 4 atom stereocenters. The first kappa shape index (κ1) is 34.2. The molecule has 14 heteroatoms. The maximum absolute atomic E-state index is 12.3. The van der Waals surface area contributed by atoms with Crippen molar-refractivity contribution in [1.29, 1.82) is 0 Å². The van der Waals surface area contributed by atoms with Crippen LogP contribution in [0.15, 0.2) is 24.3 Å². The van der Waals surface area contributed by atoms with Gasteiger partial charge in [-0.15, -0.1) is 0 Å².